The molecular weight excluding hydrogens is 552 g/mol. The number of nitrogens with zero attached hydrogens (tertiary/aromatic N) is 1. The fourth-order valence-electron chi connectivity index (χ4n) is 3.25. The van der Waals surface area contributed by atoms with Crippen molar-refractivity contribution in [1.29, 1.82) is 0 Å². The number of benzene rings is 2. The minimum Gasteiger partial charge on any atom is -0.394 e. The molecule has 0 bridgehead atoms. The number of likely N-dealkylation sites (N-methyl/N-ethyl adjacent to an activating group) is 1. The van der Waals surface area contributed by atoms with Crippen molar-refractivity contribution in [2.24, 2.45) is 0 Å². The second-order valence-corrected chi connectivity index (χ2v) is 8.61. The highest BCUT2D eigenvalue weighted by molar-refractivity contribution is 9.09. The van der Waals surface area contributed by atoms with Crippen molar-refractivity contribution in [3.63, 3.8) is 0 Å². The van der Waals surface area contributed by atoms with Crippen molar-refractivity contribution in [1.82, 2.24) is 0 Å². The molecule has 0 radical (unpaired) electrons. The zero-order chi connectivity index (χ0) is 28.3. The highest BCUT2D eigenvalue weighted by atomic mass is 79.9. The lowest BCUT2D eigenvalue weighted by molar-refractivity contribution is -0.00488. The molecule has 0 amide bonds. The third-order valence-corrected chi connectivity index (χ3v) is 5.00. The van der Waals surface area contributed by atoms with E-state index in [2.05, 4.69) is 102 Å². The van der Waals surface area contributed by atoms with Crippen LogP contribution < -0.4 is 10.2 Å². The zero-order valence-electron chi connectivity index (χ0n) is 23.7. The third kappa shape index (κ3) is 21.2. The van der Waals surface area contributed by atoms with Crippen LogP contribution in [-0.4, -0.2) is 94.8 Å². The van der Waals surface area contributed by atoms with Crippen LogP contribution in [0.4, 0.5) is 11.4 Å². The smallest absolute Gasteiger partial charge is 0.0980 e. The molecule has 218 valence electrons. The number of alkyl halides is 1. The molecule has 0 heterocycles. The van der Waals surface area contributed by atoms with Crippen LogP contribution in [0.2, 0.25) is 0 Å². The summed E-state index contributed by atoms with van der Waals surface area (Å²) in [4.78, 5) is 2.31. The summed E-state index contributed by atoms with van der Waals surface area (Å²) < 4.78 is 21.5. The molecule has 0 unspecified atom stereocenters. The van der Waals surface area contributed by atoms with Crippen LogP contribution in [-0.2, 0) is 18.9 Å². The Kier molecular flexibility index (Phi) is 25.7. The van der Waals surface area contributed by atoms with E-state index in [1.165, 1.54) is 22.5 Å². The maximum atomic E-state index is 8.54. The second kappa shape index (κ2) is 26.9. The summed E-state index contributed by atoms with van der Waals surface area (Å²) in [6.07, 6.45) is 0. The summed E-state index contributed by atoms with van der Waals surface area (Å²) in [6, 6.07) is 16.9. The lowest BCUT2D eigenvalue weighted by Gasteiger charge is -2.23. The summed E-state index contributed by atoms with van der Waals surface area (Å²) in [5.41, 5.74) is 5.09. The van der Waals surface area contributed by atoms with Crippen molar-refractivity contribution < 1.29 is 29.2 Å². The Hall–Kier alpha value is -1.72. The van der Waals surface area contributed by atoms with Gasteiger partial charge in [-0.15, -0.1) is 0 Å². The Morgan fingerprint density at radius 1 is 0.737 bits per heavy atom. The zero-order valence-corrected chi connectivity index (χ0v) is 25.2. The predicted molar refractivity (Wildman–Crippen MR) is 161 cm³/mol. The van der Waals surface area contributed by atoms with Gasteiger partial charge in [-0.1, -0.05) is 40.2 Å². The predicted octanol–water partition coefficient (Wildman–Crippen LogP) is 4.64. The molecule has 0 atom stereocenters. The van der Waals surface area contributed by atoms with E-state index in [1.54, 1.807) is 0 Å². The first-order valence-corrected chi connectivity index (χ1v) is 14.3. The molecule has 2 rings (SSSR count). The molecule has 9 heteroatoms. The normalized spacial score (nSPS) is 10.2. The highest BCUT2D eigenvalue weighted by Gasteiger charge is 2.04. The first-order valence-electron chi connectivity index (χ1n) is 13.2. The largest absolute Gasteiger partial charge is 0.394 e. The van der Waals surface area contributed by atoms with E-state index in [-0.39, 0.29) is 12.1 Å². The Morgan fingerprint density at radius 3 is 1.71 bits per heavy atom. The monoisotopic (exact) mass is 600 g/mol. The van der Waals surface area contributed by atoms with Crippen molar-refractivity contribution >= 4 is 27.3 Å². The quantitative estimate of drug-likeness (QED) is 0.168. The first-order chi connectivity index (χ1) is 18.5. The van der Waals surface area contributed by atoms with E-state index in [9.17, 15) is 0 Å². The molecule has 0 aliphatic carbocycles. The molecule has 0 aliphatic heterocycles. The summed E-state index contributed by atoms with van der Waals surface area (Å²) in [6.45, 7) is 15.6. The molecule has 2 aromatic rings. The van der Waals surface area contributed by atoms with Gasteiger partial charge in [0.15, 0.2) is 0 Å². The maximum absolute atomic E-state index is 8.54. The average molecular weight is 602 g/mol. The fraction of sp³-hybridized carbons (Fsp3) is 0.586. The highest BCUT2D eigenvalue weighted by Crippen LogP contribution is 2.15. The number of aliphatic hydroxyl groups excluding tert-OH is 2. The summed E-state index contributed by atoms with van der Waals surface area (Å²) >= 11 is 2.70. The van der Waals surface area contributed by atoms with Crippen LogP contribution in [0.3, 0.4) is 0 Å². The van der Waals surface area contributed by atoms with Gasteiger partial charge < -0.3 is 39.4 Å². The molecule has 8 nitrogen and oxygen atoms in total. The standard InChI is InChI=1S/C19H33NO5.C9H13N.CH3BrO/c1-3-20(19-6-4-5-18(2)17-19)7-9-22-11-13-24-15-16-25-14-12-23-10-8-21;1-3-10-9-6-4-5-8(2)7-9;2-1-3/h4-6,17,21H,3,7-16H2,1-2H3;4-7,10H,3H2,1-2H3;3H,1H2. The summed E-state index contributed by atoms with van der Waals surface area (Å²) in [5.74, 6) is 0. The molecule has 0 aromatic heterocycles. The van der Waals surface area contributed by atoms with Crippen LogP contribution in [0.1, 0.15) is 25.0 Å². The minimum atomic E-state index is 0.0458. The van der Waals surface area contributed by atoms with Crippen LogP contribution in [0.25, 0.3) is 0 Å². The third-order valence-electron chi connectivity index (χ3n) is 5.00. The lowest BCUT2D eigenvalue weighted by atomic mass is 10.2. The van der Waals surface area contributed by atoms with E-state index in [0.29, 0.717) is 52.9 Å². The van der Waals surface area contributed by atoms with Gasteiger partial charge in [-0.05, 0) is 63.1 Å². The number of ether oxygens (including phenoxy) is 4. The average Bonchev–Trinajstić information content (AvgIpc) is 2.90. The van der Waals surface area contributed by atoms with Crippen LogP contribution in [0.15, 0.2) is 48.5 Å². The van der Waals surface area contributed by atoms with Crippen molar-refractivity contribution in [2.75, 3.05) is 94.8 Å². The molecule has 0 saturated carbocycles. The van der Waals surface area contributed by atoms with Gasteiger partial charge in [0.2, 0.25) is 0 Å². The van der Waals surface area contributed by atoms with E-state index in [4.69, 9.17) is 29.2 Å². The molecule has 0 fully saturated rings. The van der Waals surface area contributed by atoms with E-state index in [0.717, 1.165) is 19.6 Å². The molecule has 0 aliphatic rings. The van der Waals surface area contributed by atoms with Gasteiger partial charge in [-0.3, -0.25) is 0 Å². The van der Waals surface area contributed by atoms with Gasteiger partial charge >= 0.3 is 0 Å². The molecular formula is C29H49BrN2O6. The summed E-state index contributed by atoms with van der Waals surface area (Å²) in [5, 5.41) is 19.3. The van der Waals surface area contributed by atoms with E-state index >= 15 is 0 Å². The van der Waals surface area contributed by atoms with E-state index in [1.807, 2.05) is 0 Å². The molecule has 0 saturated heterocycles. The van der Waals surface area contributed by atoms with E-state index < -0.39 is 0 Å². The lowest BCUT2D eigenvalue weighted by Crippen LogP contribution is -2.27. The topological polar surface area (TPSA) is 92.7 Å². The van der Waals surface area contributed by atoms with Gasteiger partial charge in [0.1, 0.15) is 0 Å². The number of halogens is 1. The Labute approximate surface area is 238 Å². The number of hydrogen-bond acceptors (Lipinski definition) is 8. The SMILES string of the molecule is CCN(CCOCCOCCOCCOCCO)c1cccc(C)c1.CCNc1cccc(C)c1.OCBr. The second-order valence-electron chi connectivity index (χ2n) is 8.11. The van der Waals surface area contributed by atoms with Crippen LogP contribution >= 0.6 is 15.9 Å². The Morgan fingerprint density at radius 2 is 1.24 bits per heavy atom. The number of rotatable bonds is 18. The Bertz CT molecular complexity index is 784. The van der Waals surface area contributed by atoms with Gasteiger partial charge in [0.25, 0.3) is 0 Å². The molecule has 3 N–H and O–H groups in total. The van der Waals surface area contributed by atoms with Crippen LogP contribution in [0, 0.1) is 13.8 Å². The maximum Gasteiger partial charge on any atom is 0.0980 e. The van der Waals surface area contributed by atoms with Gasteiger partial charge in [-0.25, -0.2) is 0 Å². The van der Waals surface area contributed by atoms with Crippen molar-refractivity contribution in [3.8, 4) is 0 Å². The number of aryl methyl sites for hydroxylation is 2. The fourth-order valence-corrected chi connectivity index (χ4v) is 3.25. The minimum absolute atomic E-state index is 0.0458. The van der Waals surface area contributed by atoms with Crippen molar-refractivity contribution in [2.45, 2.75) is 27.7 Å². The van der Waals surface area contributed by atoms with Gasteiger partial charge in [-0.2, -0.15) is 0 Å². The number of hydrogen-bond donors (Lipinski definition) is 3. The van der Waals surface area contributed by atoms with Crippen LogP contribution in [0.5, 0.6) is 0 Å². The summed E-state index contributed by atoms with van der Waals surface area (Å²) in [7, 11) is 0. The molecule has 2 aromatic carbocycles. The van der Waals surface area contributed by atoms with Gasteiger partial charge in [0.05, 0.1) is 65.0 Å². The molecule has 0 spiro atoms. The van der Waals surface area contributed by atoms with Crippen molar-refractivity contribution in [3.05, 3.63) is 59.7 Å². The number of anilines is 2. The van der Waals surface area contributed by atoms with Gasteiger partial charge in [0, 0.05) is 31.0 Å². The Balaban J connectivity index is 0.000000865. The number of aliphatic hydroxyl groups is 2. The first kappa shape index (κ1) is 36.3. The molecule has 38 heavy (non-hydrogen) atoms. The number of nitrogens with one attached hydrogen (secondary N) is 1.